The summed E-state index contributed by atoms with van der Waals surface area (Å²) in [6.07, 6.45) is 6.35. The monoisotopic (exact) mass is 355 g/mol. The molecule has 6 nitrogen and oxygen atoms in total. The van der Waals surface area contributed by atoms with E-state index in [1.807, 2.05) is 24.2 Å². The largest absolute Gasteiger partial charge is 0.469 e. The zero-order valence-electron chi connectivity index (χ0n) is 15.1. The van der Waals surface area contributed by atoms with Crippen molar-refractivity contribution in [2.24, 2.45) is 5.92 Å². The molecular weight excluding hydrogens is 330 g/mol. The third-order valence-corrected chi connectivity index (χ3v) is 5.46. The van der Waals surface area contributed by atoms with E-state index in [1.165, 1.54) is 5.56 Å². The van der Waals surface area contributed by atoms with Crippen LogP contribution in [0.3, 0.4) is 0 Å². The molecule has 1 amide bonds. The van der Waals surface area contributed by atoms with Gasteiger partial charge in [0.1, 0.15) is 5.76 Å². The lowest BCUT2D eigenvalue weighted by Gasteiger charge is -2.38. The summed E-state index contributed by atoms with van der Waals surface area (Å²) in [6.45, 7) is 6.84. The number of pyridine rings is 1. The molecule has 2 aromatic heterocycles. The lowest BCUT2D eigenvalue weighted by Crippen LogP contribution is -2.49. The number of aromatic nitrogens is 1. The summed E-state index contributed by atoms with van der Waals surface area (Å²) in [5, 5.41) is 0. The Morgan fingerprint density at radius 1 is 1.23 bits per heavy atom. The molecule has 0 aliphatic carbocycles. The average Bonchev–Trinajstić information content (AvgIpc) is 2.98. The molecule has 4 heterocycles. The Bertz CT molecular complexity index is 746. The van der Waals surface area contributed by atoms with Gasteiger partial charge in [0, 0.05) is 51.0 Å². The molecule has 0 unspecified atom stereocenters. The first-order valence-corrected chi connectivity index (χ1v) is 9.27. The van der Waals surface area contributed by atoms with Crippen LogP contribution in [0.4, 0.5) is 0 Å². The molecular formula is C20H25N3O3. The summed E-state index contributed by atoms with van der Waals surface area (Å²) in [7, 11) is 0. The maximum atomic E-state index is 12.7. The number of furan rings is 1. The van der Waals surface area contributed by atoms with Crippen LogP contribution in [0.1, 0.15) is 28.1 Å². The fourth-order valence-electron chi connectivity index (χ4n) is 3.97. The third kappa shape index (κ3) is 3.66. The van der Waals surface area contributed by atoms with Gasteiger partial charge in [-0.05, 0) is 37.1 Å². The van der Waals surface area contributed by atoms with Crippen LogP contribution in [0.15, 0.2) is 41.3 Å². The first kappa shape index (κ1) is 17.2. The number of nitrogens with zero attached hydrogens (tertiary/aromatic N) is 3. The SMILES string of the molecule is Cc1occc1C(=O)N1CC[C@@H]2CN(Cc3ccncc3)CCO[C@@H]2C1. The highest BCUT2D eigenvalue weighted by atomic mass is 16.5. The Kier molecular flexibility index (Phi) is 5.04. The van der Waals surface area contributed by atoms with Gasteiger partial charge in [-0.25, -0.2) is 0 Å². The van der Waals surface area contributed by atoms with Crippen LogP contribution in [0, 0.1) is 12.8 Å². The van der Waals surface area contributed by atoms with Crippen LogP contribution in [-0.4, -0.2) is 59.6 Å². The van der Waals surface area contributed by atoms with Crippen LogP contribution in [0.25, 0.3) is 0 Å². The summed E-state index contributed by atoms with van der Waals surface area (Å²) in [5.74, 6) is 1.20. The van der Waals surface area contributed by atoms with Crippen molar-refractivity contribution in [2.75, 3.05) is 32.8 Å². The van der Waals surface area contributed by atoms with Crippen LogP contribution < -0.4 is 0 Å². The number of hydrogen-bond acceptors (Lipinski definition) is 5. The standard InChI is InChI=1S/C20H25N3O3/c1-15-18(5-10-25-15)20(24)23-8-4-17-13-22(9-11-26-19(17)14-23)12-16-2-6-21-7-3-16/h2-3,5-7,10,17,19H,4,8-9,11-14H2,1H3/t17-,19-/m1/s1. The Morgan fingerprint density at radius 2 is 2.08 bits per heavy atom. The number of ether oxygens (including phenoxy) is 1. The maximum absolute atomic E-state index is 12.7. The maximum Gasteiger partial charge on any atom is 0.257 e. The lowest BCUT2D eigenvalue weighted by molar-refractivity contribution is -0.0171. The number of aryl methyl sites for hydroxylation is 1. The van der Waals surface area contributed by atoms with Gasteiger partial charge < -0.3 is 14.1 Å². The summed E-state index contributed by atoms with van der Waals surface area (Å²) < 4.78 is 11.4. The second kappa shape index (κ2) is 7.60. The minimum atomic E-state index is 0.0520. The highest BCUT2D eigenvalue weighted by Gasteiger charge is 2.35. The highest BCUT2D eigenvalue weighted by molar-refractivity contribution is 5.95. The van der Waals surface area contributed by atoms with Crippen molar-refractivity contribution in [1.82, 2.24) is 14.8 Å². The zero-order chi connectivity index (χ0) is 17.9. The lowest BCUT2D eigenvalue weighted by atomic mass is 9.92. The summed E-state index contributed by atoms with van der Waals surface area (Å²) in [5.41, 5.74) is 1.94. The van der Waals surface area contributed by atoms with Crippen molar-refractivity contribution in [1.29, 1.82) is 0 Å². The molecule has 0 saturated carbocycles. The quantitative estimate of drug-likeness (QED) is 0.846. The van der Waals surface area contributed by atoms with E-state index >= 15 is 0 Å². The predicted octanol–water partition coefficient (Wildman–Crippen LogP) is 2.35. The normalized spacial score (nSPS) is 24.1. The summed E-state index contributed by atoms with van der Waals surface area (Å²) in [4.78, 5) is 21.2. The number of carbonyl (C=O) groups is 1. The molecule has 4 rings (SSSR count). The van der Waals surface area contributed by atoms with Gasteiger partial charge in [0.25, 0.3) is 5.91 Å². The predicted molar refractivity (Wildman–Crippen MR) is 96.7 cm³/mol. The Balaban J connectivity index is 1.39. The first-order chi connectivity index (χ1) is 12.7. The Morgan fingerprint density at radius 3 is 2.85 bits per heavy atom. The zero-order valence-corrected chi connectivity index (χ0v) is 15.1. The van der Waals surface area contributed by atoms with Crippen LogP contribution >= 0.6 is 0 Å². The van der Waals surface area contributed by atoms with Crippen molar-refractivity contribution in [2.45, 2.75) is 26.0 Å². The van der Waals surface area contributed by atoms with Crippen molar-refractivity contribution < 1.29 is 13.9 Å². The van der Waals surface area contributed by atoms with Crippen molar-refractivity contribution >= 4 is 5.91 Å². The van der Waals surface area contributed by atoms with E-state index < -0.39 is 0 Å². The number of fused-ring (bicyclic) bond motifs is 1. The van der Waals surface area contributed by atoms with Crippen molar-refractivity contribution in [3.63, 3.8) is 0 Å². The molecule has 2 aromatic rings. The fraction of sp³-hybridized carbons (Fsp3) is 0.500. The van der Waals surface area contributed by atoms with Gasteiger partial charge in [-0.15, -0.1) is 0 Å². The third-order valence-electron chi connectivity index (χ3n) is 5.46. The smallest absolute Gasteiger partial charge is 0.257 e. The minimum Gasteiger partial charge on any atom is -0.469 e. The number of carbonyl (C=O) groups excluding carboxylic acids is 1. The fourth-order valence-corrected chi connectivity index (χ4v) is 3.97. The van der Waals surface area contributed by atoms with Gasteiger partial charge >= 0.3 is 0 Å². The van der Waals surface area contributed by atoms with Gasteiger partial charge in [0.05, 0.1) is 24.5 Å². The van der Waals surface area contributed by atoms with Gasteiger partial charge in [-0.1, -0.05) is 0 Å². The molecule has 138 valence electrons. The van der Waals surface area contributed by atoms with Crippen LogP contribution in [0.2, 0.25) is 0 Å². The number of hydrogen-bond donors (Lipinski definition) is 0. The molecule has 0 aromatic carbocycles. The molecule has 2 saturated heterocycles. The molecule has 2 fully saturated rings. The van der Waals surface area contributed by atoms with Crippen LogP contribution in [-0.2, 0) is 11.3 Å². The molecule has 2 atom stereocenters. The first-order valence-electron chi connectivity index (χ1n) is 9.27. The Labute approximate surface area is 153 Å². The molecule has 26 heavy (non-hydrogen) atoms. The second-order valence-corrected chi connectivity index (χ2v) is 7.19. The number of rotatable bonds is 3. The molecule has 6 heteroatoms. The van der Waals surface area contributed by atoms with Crippen LogP contribution in [0.5, 0.6) is 0 Å². The van der Waals surface area contributed by atoms with E-state index in [0.29, 0.717) is 30.4 Å². The van der Waals surface area contributed by atoms with E-state index in [0.717, 1.165) is 32.6 Å². The van der Waals surface area contributed by atoms with Crippen molar-refractivity contribution in [3.05, 3.63) is 53.7 Å². The van der Waals surface area contributed by atoms with E-state index in [1.54, 1.807) is 12.3 Å². The van der Waals surface area contributed by atoms with Gasteiger partial charge in [-0.3, -0.25) is 14.7 Å². The average molecular weight is 355 g/mol. The van der Waals surface area contributed by atoms with Crippen molar-refractivity contribution in [3.8, 4) is 0 Å². The molecule has 2 aliphatic heterocycles. The highest BCUT2D eigenvalue weighted by Crippen LogP contribution is 2.26. The van der Waals surface area contributed by atoms with E-state index in [-0.39, 0.29) is 12.0 Å². The number of amides is 1. The van der Waals surface area contributed by atoms with Gasteiger partial charge in [0.15, 0.2) is 0 Å². The van der Waals surface area contributed by atoms with E-state index in [2.05, 4.69) is 22.0 Å². The molecule has 0 N–H and O–H groups in total. The summed E-state index contributed by atoms with van der Waals surface area (Å²) in [6, 6.07) is 5.89. The van der Waals surface area contributed by atoms with Gasteiger partial charge in [-0.2, -0.15) is 0 Å². The van der Waals surface area contributed by atoms with E-state index in [4.69, 9.17) is 9.15 Å². The molecule has 2 aliphatic rings. The van der Waals surface area contributed by atoms with E-state index in [9.17, 15) is 4.79 Å². The molecule has 0 spiro atoms. The molecule has 0 radical (unpaired) electrons. The minimum absolute atomic E-state index is 0.0520. The molecule has 0 bridgehead atoms. The second-order valence-electron chi connectivity index (χ2n) is 7.19. The van der Waals surface area contributed by atoms with Gasteiger partial charge in [0.2, 0.25) is 0 Å². The summed E-state index contributed by atoms with van der Waals surface area (Å²) >= 11 is 0. The number of likely N-dealkylation sites (tertiary alicyclic amines) is 1. The topological polar surface area (TPSA) is 58.8 Å². The number of piperidine rings is 1. The Hall–Kier alpha value is -2.18.